The van der Waals surface area contributed by atoms with Crippen LogP contribution in [-0.2, 0) is 83.8 Å². The number of rotatable bonds is 6. The van der Waals surface area contributed by atoms with Crippen molar-refractivity contribution in [2.24, 2.45) is 11.8 Å². The smallest absolute Gasteiger partial charge is 1.00 e. The minimum absolute atomic E-state index is 0. The average molecular weight is 1490 g/mol. The zero-order valence-corrected chi connectivity index (χ0v) is 58.7. The first kappa shape index (κ1) is 76.0. The van der Waals surface area contributed by atoms with Crippen LogP contribution < -0.4 is 130 Å². The summed E-state index contributed by atoms with van der Waals surface area (Å²) in [6, 6.07) is -3.26. The molecular formula is C42H56F2N24Na2O20P4S2-4. The van der Waals surface area contributed by atoms with Crippen LogP contribution in [0.3, 0.4) is 0 Å². The third kappa shape index (κ3) is 14.7. The van der Waals surface area contributed by atoms with Gasteiger partial charge < -0.3 is 121 Å². The van der Waals surface area contributed by atoms with Crippen LogP contribution >= 0.6 is 29.0 Å². The summed E-state index contributed by atoms with van der Waals surface area (Å²) in [5.74, 6) is -2.65. The molecule has 0 amide bonds. The van der Waals surface area contributed by atoms with Crippen molar-refractivity contribution >= 4 is 121 Å². The first-order valence-electron chi connectivity index (χ1n) is 26.9. The van der Waals surface area contributed by atoms with E-state index in [2.05, 4.69) is 70.0 Å². The van der Waals surface area contributed by atoms with Gasteiger partial charge in [-0.1, -0.05) is 11.8 Å². The van der Waals surface area contributed by atoms with E-state index in [0.717, 1.165) is 12.7 Å². The Balaban J connectivity index is 0.000000260. The van der Waals surface area contributed by atoms with Gasteiger partial charge in [0.15, 0.2) is 89.3 Å². The Morgan fingerprint density at radius 1 is 0.562 bits per heavy atom. The molecule has 6 fully saturated rings. The Kier molecular flexibility index (Phi) is 23.3. The third-order valence-electron chi connectivity index (χ3n) is 15.6. The van der Waals surface area contributed by atoms with Gasteiger partial charge in [-0.15, -0.1) is 0 Å². The number of nitrogens with one attached hydrogen (secondary N) is 4. The normalized spacial score (nSPS) is 35.6. The number of hydrogen-bond acceptors (Lipinski definition) is 38. The molecule has 0 spiro atoms. The quantitative estimate of drug-likeness (QED) is 0.0418. The molecule has 6 aliphatic rings. The maximum Gasteiger partial charge on any atom is 1.00 e. The number of alkyl halides is 2. The Hall–Kier alpha value is -4.21. The first-order valence-corrected chi connectivity index (χ1v) is 35.1. The Labute approximate surface area is 592 Å². The molecule has 6 saturated heterocycles. The summed E-state index contributed by atoms with van der Waals surface area (Å²) in [7, 11) is -10.2. The summed E-state index contributed by atoms with van der Waals surface area (Å²) >= 11 is 10.3. The van der Waals surface area contributed by atoms with Gasteiger partial charge in [-0.05, 0) is 0 Å². The minimum atomic E-state index is -5.09. The number of fused-ring (bicyclic) bond motifs is 10. The van der Waals surface area contributed by atoms with E-state index in [-0.39, 0.29) is 142 Å². The van der Waals surface area contributed by atoms with Gasteiger partial charge in [0.1, 0.15) is 54.8 Å². The van der Waals surface area contributed by atoms with Gasteiger partial charge in [0.25, 0.3) is 11.1 Å². The number of aliphatic hydroxyl groups is 2. The molecule has 0 aliphatic carbocycles. The van der Waals surface area contributed by atoms with E-state index in [1.165, 1.54) is 43.6 Å². The molecule has 44 nitrogen and oxygen atoms in total. The standard InChI is InChI=1S/2C21H26FN11O10P2S.2H3N.2Na.2H/c2*22-10-11-9(42-19(10)32-5-27-12-15(23)25-4-26-16(12)32)3-40-45(38,46)43-14-7(1-34)8(2-39-44(36,37)31-11)41-20(14)33-6-28-13-17(33)29-21(24)30-18(13)35;;;;;;/h2*4-11,14,19-20,34H,1-3H2,(H,38,46)(H2,23,25,26)(H2,31,36,37)(H3,24,29,30,35);2*1H3;;;;/q;;;;2*+1;2*-1/p-4. The van der Waals surface area contributed by atoms with E-state index in [0.29, 0.717) is 0 Å². The third-order valence-corrected chi connectivity index (χ3v) is 20.9. The fourth-order valence-electron chi connectivity index (χ4n) is 11.4. The molecule has 96 heavy (non-hydrogen) atoms. The van der Waals surface area contributed by atoms with Crippen LogP contribution in [0.4, 0.5) is 32.3 Å². The van der Waals surface area contributed by atoms with Gasteiger partial charge in [-0.3, -0.25) is 51.5 Å². The number of H-pyrrole nitrogens is 2. The molecule has 516 valence electrons. The van der Waals surface area contributed by atoms with Gasteiger partial charge >= 0.3 is 59.1 Å². The van der Waals surface area contributed by atoms with Crippen molar-refractivity contribution in [3.63, 3.8) is 0 Å². The van der Waals surface area contributed by atoms with Crippen molar-refractivity contribution in [2.75, 3.05) is 62.6 Å². The fraction of sp³-hybridized carbons (Fsp3) is 0.524. The number of aliphatic hydroxyl groups excluding tert-OH is 2. The summed E-state index contributed by atoms with van der Waals surface area (Å²) in [6.45, 7) is -13.3. The van der Waals surface area contributed by atoms with E-state index >= 15 is 8.78 Å². The number of nitrogens with two attached hydrogens (primary N) is 4. The van der Waals surface area contributed by atoms with Gasteiger partial charge in [0, 0.05) is 11.8 Å². The van der Waals surface area contributed by atoms with Gasteiger partial charge in [0.2, 0.25) is 27.4 Å². The number of aromatic amines is 2. The number of ether oxygens (including phenoxy) is 4. The van der Waals surface area contributed by atoms with E-state index in [4.69, 9.17) is 93.1 Å². The maximum atomic E-state index is 16.0. The fourth-order valence-corrected chi connectivity index (χ4v) is 16.4. The molecule has 4 bridgehead atoms. The number of imidazole rings is 4. The molecule has 0 saturated carbocycles. The molecule has 20 atom stereocenters. The van der Waals surface area contributed by atoms with Crippen LogP contribution in [0.15, 0.2) is 47.6 Å². The number of anilines is 4. The molecule has 14 heterocycles. The van der Waals surface area contributed by atoms with Crippen molar-refractivity contribution in [1.82, 2.24) is 101 Å². The monoisotopic (exact) mass is 1490 g/mol. The molecule has 14 rings (SSSR count). The van der Waals surface area contributed by atoms with E-state index in [9.17, 15) is 48.2 Å². The van der Waals surface area contributed by atoms with Crippen molar-refractivity contribution in [3.05, 3.63) is 58.7 Å². The predicted octanol–water partition coefficient (Wildman–Crippen LogP) is -9.76. The van der Waals surface area contributed by atoms with Crippen LogP contribution in [0.5, 0.6) is 0 Å². The molecule has 0 radical (unpaired) electrons. The second-order valence-electron chi connectivity index (χ2n) is 21.1. The number of nitrogens with zero attached hydrogens (tertiary/aromatic N) is 14. The second-order valence-corrected chi connectivity index (χ2v) is 29.5. The molecule has 54 heteroatoms. The Morgan fingerprint density at radius 3 is 1.34 bits per heavy atom. The minimum Gasteiger partial charge on any atom is -1.00 e. The molecule has 8 aromatic rings. The average Bonchev–Trinajstić information content (AvgIpc) is 1.62. The zero-order valence-electron chi connectivity index (χ0n) is 51.5. The van der Waals surface area contributed by atoms with Crippen molar-refractivity contribution in [1.29, 1.82) is 0 Å². The SMILES string of the molecule is N.N.Nc1nc2c(ncn2C2OC3COP(=O)([O-])NC4C(COP(=O)([S-])OC2C3CO)OC(n2cnc3c(N)ncnc32)C4F)c(=O)[nH]1.Nc1nc2c(ncn2C2OC3COP(=O)([O-])NC4C(COP([O-])(=S)OC2C3CO)OC(n2cnc3c(N)ncnc32)C4F)c(=O)[nH]1.[H-].[H-].[Na+].[Na+]. The summed E-state index contributed by atoms with van der Waals surface area (Å²) in [6.07, 6.45) is -10.9. The Morgan fingerprint density at radius 2 is 0.927 bits per heavy atom. The second kappa shape index (κ2) is 29.4. The molecule has 6 aliphatic heterocycles. The van der Waals surface area contributed by atoms with Crippen molar-refractivity contribution in [2.45, 2.75) is 86.0 Å². The molecule has 0 aromatic carbocycles. The number of hydrogen-bond donors (Lipinski definition) is 12. The van der Waals surface area contributed by atoms with Gasteiger partial charge in [0.05, 0.1) is 89.2 Å². The van der Waals surface area contributed by atoms with Gasteiger partial charge in [-0.2, -0.15) is 9.97 Å². The summed E-state index contributed by atoms with van der Waals surface area (Å²) in [5.41, 5.74) is 21.9. The van der Waals surface area contributed by atoms with Crippen molar-refractivity contribution < 1.29 is 155 Å². The van der Waals surface area contributed by atoms with Crippen LogP contribution in [-0.4, -0.2) is 189 Å². The number of halogens is 2. The topological polar surface area (TPSA) is 666 Å². The van der Waals surface area contributed by atoms with Crippen LogP contribution in [0.2, 0.25) is 0 Å². The van der Waals surface area contributed by atoms with E-state index in [1.807, 2.05) is 0 Å². The first-order chi connectivity index (χ1) is 43.7. The number of nitrogen functional groups attached to an aromatic ring is 4. The van der Waals surface area contributed by atoms with Gasteiger partial charge in [-0.25, -0.2) is 58.8 Å². The van der Waals surface area contributed by atoms with E-state index in [1.54, 1.807) is 0 Å². The van der Waals surface area contributed by atoms with Crippen LogP contribution in [0.1, 0.15) is 27.8 Å². The zero-order chi connectivity index (χ0) is 65.1. The van der Waals surface area contributed by atoms with Crippen LogP contribution in [0, 0.1) is 11.8 Å². The summed E-state index contributed by atoms with van der Waals surface area (Å²) < 4.78 is 133. The largest absolute Gasteiger partial charge is 1.00 e. The molecule has 8 aromatic heterocycles. The van der Waals surface area contributed by atoms with Crippen molar-refractivity contribution in [3.8, 4) is 0 Å². The number of aromatic nitrogens is 16. The van der Waals surface area contributed by atoms with Crippen LogP contribution in [0.25, 0.3) is 44.7 Å². The molecular weight excluding hydrogens is 1430 g/mol. The molecule has 20 unspecified atom stereocenters. The Bertz CT molecular complexity index is 4240. The predicted molar refractivity (Wildman–Crippen MR) is 315 cm³/mol. The summed E-state index contributed by atoms with van der Waals surface area (Å²) in [4.78, 5) is 109. The maximum absolute atomic E-state index is 16.0. The van der Waals surface area contributed by atoms with E-state index < -0.39 is 178 Å². The molecule has 20 N–H and O–H groups in total. The summed E-state index contributed by atoms with van der Waals surface area (Å²) in [5, 5.41) is 24.8.